The Kier molecular flexibility index (Phi) is 5.84. The number of halogens is 4. The lowest BCUT2D eigenvalue weighted by atomic mass is 10.0. The maximum absolute atomic E-state index is 9.88. The Hall–Kier alpha value is -2.21. The number of hydrogen-bond acceptors (Lipinski definition) is 4. The molecule has 4 aromatic rings. The first-order chi connectivity index (χ1) is 15.7. The van der Waals surface area contributed by atoms with Crippen molar-refractivity contribution in [1.82, 2.24) is 0 Å². The predicted octanol–water partition coefficient (Wildman–Crippen LogP) is 9.28. The number of fused-ring (bicyclic) bond motifs is 2. The second-order valence-corrected chi connectivity index (χ2v) is 10.3. The summed E-state index contributed by atoms with van der Waals surface area (Å²) in [7, 11) is 2.03. The summed E-state index contributed by atoms with van der Waals surface area (Å²) in [6.07, 6.45) is 0. The molecule has 3 nitrogen and oxygen atoms in total. The molecule has 0 atom stereocenters. The Bertz CT molecular complexity index is 1290. The van der Waals surface area contributed by atoms with Crippen LogP contribution < -0.4 is 4.90 Å². The molecule has 0 amide bonds. The molecule has 0 spiro atoms. The van der Waals surface area contributed by atoms with Gasteiger partial charge in [-0.2, -0.15) is 0 Å². The fourth-order valence-electron chi connectivity index (χ4n) is 3.82. The lowest BCUT2D eigenvalue weighted by molar-refractivity contribution is 0.475. The Labute approximate surface area is 215 Å². The van der Waals surface area contributed by atoms with Gasteiger partial charge in [0.15, 0.2) is 11.5 Å². The van der Waals surface area contributed by atoms with Gasteiger partial charge in [-0.15, -0.1) is 0 Å². The number of benzene rings is 4. The maximum Gasteiger partial charge on any atom is 0.152 e. The molecule has 166 valence electrons. The minimum atomic E-state index is -0.120. The number of phenolic OH excluding ortho intramolecular Hbond substituents is 2. The molecule has 0 radical (unpaired) electrons. The molecule has 0 aromatic heterocycles. The molecule has 5 rings (SSSR count). The first-order valence-electron chi connectivity index (χ1n) is 9.79. The standard InChI is InChI=1S/C25H15Cl4NO2S/c1-30-20-4-2-12(14-6-16(26)24(31)17(27)7-14)10-22(20)33-23-11-13(3-5-21(23)30)15-8-18(28)25(32)19(29)9-15/h2-11,31-32H,1H3. The Morgan fingerprint density at radius 1 is 0.576 bits per heavy atom. The highest BCUT2D eigenvalue weighted by Gasteiger charge is 2.22. The summed E-state index contributed by atoms with van der Waals surface area (Å²) in [5.74, 6) is -0.241. The molecule has 33 heavy (non-hydrogen) atoms. The number of anilines is 2. The lowest BCUT2D eigenvalue weighted by Gasteiger charge is -2.30. The molecule has 0 unspecified atom stereocenters. The van der Waals surface area contributed by atoms with Crippen LogP contribution in [0.1, 0.15) is 0 Å². The average molecular weight is 535 g/mol. The van der Waals surface area contributed by atoms with Crippen molar-refractivity contribution < 1.29 is 10.2 Å². The van der Waals surface area contributed by atoms with Crippen LogP contribution in [0.3, 0.4) is 0 Å². The smallest absolute Gasteiger partial charge is 0.152 e. The molecule has 4 aromatic carbocycles. The van der Waals surface area contributed by atoms with Crippen LogP contribution in [0, 0.1) is 0 Å². The zero-order valence-electron chi connectivity index (χ0n) is 17.0. The van der Waals surface area contributed by atoms with Gasteiger partial charge in [0.25, 0.3) is 0 Å². The van der Waals surface area contributed by atoms with Gasteiger partial charge in [-0.1, -0.05) is 70.3 Å². The quantitative estimate of drug-likeness (QED) is 0.269. The van der Waals surface area contributed by atoms with E-state index in [1.165, 1.54) is 0 Å². The van der Waals surface area contributed by atoms with Crippen LogP contribution in [0.5, 0.6) is 11.5 Å². The zero-order chi connectivity index (χ0) is 23.4. The van der Waals surface area contributed by atoms with Crippen molar-refractivity contribution in [2.75, 3.05) is 11.9 Å². The molecule has 1 aliphatic rings. The van der Waals surface area contributed by atoms with Crippen molar-refractivity contribution in [2.24, 2.45) is 0 Å². The molecule has 0 saturated heterocycles. The van der Waals surface area contributed by atoms with E-state index in [4.69, 9.17) is 46.4 Å². The summed E-state index contributed by atoms with van der Waals surface area (Å²) in [6, 6.07) is 19.1. The lowest BCUT2D eigenvalue weighted by Crippen LogP contribution is -2.14. The van der Waals surface area contributed by atoms with Crippen molar-refractivity contribution in [3.8, 4) is 33.8 Å². The fourth-order valence-corrected chi connectivity index (χ4v) is 6.02. The van der Waals surface area contributed by atoms with Crippen LogP contribution in [-0.4, -0.2) is 17.3 Å². The van der Waals surface area contributed by atoms with Gasteiger partial charge in [0, 0.05) is 16.8 Å². The van der Waals surface area contributed by atoms with Crippen molar-refractivity contribution in [1.29, 1.82) is 0 Å². The first-order valence-corrected chi connectivity index (χ1v) is 12.1. The van der Waals surface area contributed by atoms with E-state index in [9.17, 15) is 10.2 Å². The number of rotatable bonds is 2. The van der Waals surface area contributed by atoms with Crippen LogP contribution >= 0.6 is 58.2 Å². The molecule has 1 aliphatic heterocycles. The van der Waals surface area contributed by atoms with Gasteiger partial charge in [0.2, 0.25) is 0 Å². The summed E-state index contributed by atoms with van der Waals surface area (Å²) < 4.78 is 0. The number of nitrogens with zero attached hydrogens (tertiary/aromatic N) is 1. The summed E-state index contributed by atoms with van der Waals surface area (Å²) in [5.41, 5.74) is 5.68. The molecule has 0 fully saturated rings. The van der Waals surface area contributed by atoms with E-state index in [1.807, 2.05) is 19.2 Å². The van der Waals surface area contributed by atoms with Gasteiger partial charge in [-0.25, -0.2) is 0 Å². The second-order valence-electron chi connectivity index (χ2n) is 7.60. The highest BCUT2D eigenvalue weighted by molar-refractivity contribution is 7.99. The summed E-state index contributed by atoms with van der Waals surface area (Å²) >= 11 is 26.2. The maximum atomic E-state index is 9.88. The highest BCUT2D eigenvalue weighted by Crippen LogP contribution is 2.50. The van der Waals surface area contributed by atoms with E-state index < -0.39 is 0 Å². The van der Waals surface area contributed by atoms with Crippen molar-refractivity contribution in [3.63, 3.8) is 0 Å². The van der Waals surface area contributed by atoms with Gasteiger partial charge >= 0.3 is 0 Å². The number of aromatic hydroxyl groups is 2. The SMILES string of the molecule is CN1c2ccc(-c3cc(Cl)c(O)c(Cl)c3)cc2Sc2cc(-c3cc(Cl)c(O)c(Cl)c3)ccc21. The highest BCUT2D eigenvalue weighted by atomic mass is 35.5. The van der Waals surface area contributed by atoms with Crippen LogP contribution in [-0.2, 0) is 0 Å². The topological polar surface area (TPSA) is 43.7 Å². The van der Waals surface area contributed by atoms with Gasteiger partial charge in [0.05, 0.1) is 31.5 Å². The predicted molar refractivity (Wildman–Crippen MR) is 139 cm³/mol. The van der Waals surface area contributed by atoms with Crippen LogP contribution in [0.15, 0.2) is 70.5 Å². The molecule has 0 aliphatic carbocycles. The molecular weight excluding hydrogens is 520 g/mol. The molecule has 0 bridgehead atoms. The normalized spacial score (nSPS) is 12.5. The molecule has 1 heterocycles. The average Bonchev–Trinajstić information content (AvgIpc) is 2.79. The van der Waals surface area contributed by atoms with Crippen LogP contribution in [0.4, 0.5) is 11.4 Å². The molecule has 0 saturated carbocycles. The van der Waals surface area contributed by atoms with E-state index in [0.29, 0.717) is 0 Å². The van der Waals surface area contributed by atoms with Crippen LogP contribution in [0.25, 0.3) is 22.3 Å². The Morgan fingerprint density at radius 2 is 0.939 bits per heavy atom. The summed E-state index contributed by atoms with van der Waals surface area (Å²) in [4.78, 5) is 4.28. The molecule has 8 heteroatoms. The summed E-state index contributed by atoms with van der Waals surface area (Å²) in [6.45, 7) is 0. The van der Waals surface area contributed by atoms with E-state index in [2.05, 4.69) is 29.2 Å². The zero-order valence-corrected chi connectivity index (χ0v) is 20.9. The fraction of sp³-hybridized carbons (Fsp3) is 0.0400. The van der Waals surface area contributed by atoms with E-state index in [-0.39, 0.29) is 31.6 Å². The minimum absolute atomic E-state index is 0.120. The number of phenols is 2. The van der Waals surface area contributed by atoms with Crippen molar-refractivity contribution in [2.45, 2.75) is 9.79 Å². The Balaban J connectivity index is 1.56. The molecule has 2 N–H and O–H groups in total. The summed E-state index contributed by atoms with van der Waals surface area (Å²) in [5, 5.41) is 20.6. The van der Waals surface area contributed by atoms with Gasteiger partial charge in [0.1, 0.15) is 0 Å². The van der Waals surface area contributed by atoms with Gasteiger partial charge in [-0.05, 0) is 70.8 Å². The number of hydrogen-bond donors (Lipinski definition) is 2. The Morgan fingerprint density at radius 3 is 1.30 bits per heavy atom. The van der Waals surface area contributed by atoms with Crippen LogP contribution in [0.2, 0.25) is 20.1 Å². The molecular formula is C25H15Cl4NO2S. The minimum Gasteiger partial charge on any atom is -0.505 e. The third-order valence-electron chi connectivity index (χ3n) is 5.56. The van der Waals surface area contributed by atoms with E-state index in [1.54, 1.807) is 36.0 Å². The van der Waals surface area contributed by atoms with Gasteiger partial charge < -0.3 is 15.1 Å². The third kappa shape index (κ3) is 4.01. The third-order valence-corrected chi connectivity index (χ3v) is 7.81. The largest absolute Gasteiger partial charge is 0.505 e. The van der Waals surface area contributed by atoms with E-state index in [0.717, 1.165) is 43.4 Å². The van der Waals surface area contributed by atoms with Gasteiger partial charge in [-0.3, -0.25) is 0 Å². The van der Waals surface area contributed by atoms with Crippen molar-refractivity contribution >= 4 is 69.5 Å². The monoisotopic (exact) mass is 533 g/mol. The second kappa shape index (κ2) is 8.53. The van der Waals surface area contributed by atoms with E-state index >= 15 is 0 Å². The first kappa shape index (κ1) is 22.6. The van der Waals surface area contributed by atoms with Crippen molar-refractivity contribution in [3.05, 3.63) is 80.8 Å².